The van der Waals surface area contributed by atoms with E-state index in [1.165, 1.54) is 19.3 Å². The van der Waals surface area contributed by atoms with E-state index >= 15 is 0 Å². The molecule has 2 amide bonds. The molecule has 1 saturated carbocycles. The summed E-state index contributed by atoms with van der Waals surface area (Å²) in [6.07, 6.45) is 7.30. The fourth-order valence-electron chi connectivity index (χ4n) is 3.20. The highest BCUT2D eigenvalue weighted by Crippen LogP contribution is 2.24. The molecule has 0 spiro atoms. The Balaban J connectivity index is 1.92. The predicted octanol–water partition coefficient (Wildman–Crippen LogP) is 2.17. The number of rotatable bonds is 2. The molecular formula is C14H24N2O3. The summed E-state index contributed by atoms with van der Waals surface area (Å²) in [6.45, 7) is 1.06. The standard InChI is InChI=1S/C14H24N2O3/c1-15(12-7-3-2-4-8-12)14(19)16-9-5-6-11(10-16)13(17)18/h11-12H,2-10H2,1H3,(H,17,18)/t11-/m1/s1. The van der Waals surface area contributed by atoms with Gasteiger partial charge in [-0.15, -0.1) is 0 Å². The maximum absolute atomic E-state index is 12.4. The highest BCUT2D eigenvalue weighted by molar-refractivity contribution is 5.76. The summed E-state index contributed by atoms with van der Waals surface area (Å²) in [5.74, 6) is -1.17. The molecule has 1 atom stereocenters. The number of amides is 2. The number of carbonyl (C=O) groups excluding carboxylic acids is 1. The average Bonchev–Trinajstić information content (AvgIpc) is 2.46. The lowest BCUT2D eigenvalue weighted by molar-refractivity contribution is -0.143. The molecule has 1 aliphatic heterocycles. The first-order valence-electron chi connectivity index (χ1n) is 7.34. The highest BCUT2D eigenvalue weighted by Gasteiger charge is 2.31. The van der Waals surface area contributed by atoms with Crippen LogP contribution in [0.1, 0.15) is 44.9 Å². The van der Waals surface area contributed by atoms with E-state index in [0.717, 1.165) is 19.3 Å². The molecule has 1 N–H and O–H groups in total. The van der Waals surface area contributed by atoms with Crippen LogP contribution in [0.3, 0.4) is 0 Å². The van der Waals surface area contributed by atoms with Crippen LogP contribution in [0.5, 0.6) is 0 Å². The van der Waals surface area contributed by atoms with E-state index in [1.54, 1.807) is 4.90 Å². The molecule has 0 aromatic rings. The van der Waals surface area contributed by atoms with Crippen LogP contribution < -0.4 is 0 Å². The molecule has 0 aromatic carbocycles. The van der Waals surface area contributed by atoms with Gasteiger partial charge in [-0.2, -0.15) is 0 Å². The molecule has 108 valence electrons. The first-order valence-corrected chi connectivity index (χ1v) is 7.34. The van der Waals surface area contributed by atoms with E-state index in [2.05, 4.69) is 0 Å². The van der Waals surface area contributed by atoms with Gasteiger partial charge in [-0.3, -0.25) is 4.79 Å². The Hall–Kier alpha value is -1.26. The van der Waals surface area contributed by atoms with Gasteiger partial charge in [-0.05, 0) is 25.7 Å². The van der Waals surface area contributed by atoms with E-state index in [-0.39, 0.29) is 6.03 Å². The monoisotopic (exact) mass is 268 g/mol. The predicted molar refractivity (Wildman–Crippen MR) is 72.0 cm³/mol. The second-order valence-electron chi connectivity index (χ2n) is 5.81. The molecule has 2 rings (SSSR count). The Labute approximate surface area is 114 Å². The van der Waals surface area contributed by atoms with Crippen molar-refractivity contribution >= 4 is 12.0 Å². The molecule has 1 heterocycles. The summed E-state index contributed by atoms with van der Waals surface area (Å²) in [4.78, 5) is 27.0. The van der Waals surface area contributed by atoms with E-state index in [4.69, 9.17) is 5.11 Å². The summed E-state index contributed by atoms with van der Waals surface area (Å²) in [5, 5.41) is 9.07. The summed E-state index contributed by atoms with van der Waals surface area (Å²) < 4.78 is 0. The van der Waals surface area contributed by atoms with Crippen LogP contribution in [0.2, 0.25) is 0 Å². The third-order valence-corrected chi connectivity index (χ3v) is 4.47. The zero-order valence-corrected chi connectivity index (χ0v) is 11.7. The zero-order valence-electron chi connectivity index (χ0n) is 11.7. The molecule has 1 aliphatic carbocycles. The molecule has 0 radical (unpaired) electrons. The van der Waals surface area contributed by atoms with Crippen molar-refractivity contribution in [3.8, 4) is 0 Å². The Kier molecular flexibility index (Phi) is 4.66. The minimum atomic E-state index is -0.780. The molecule has 1 saturated heterocycles. The van der Waals surface area contributed by atoms with Crippen LogP contribution in [0, 0.1) is 5.92 Å². The number of likely N-dealkylation sites (tertiary alicyclic amines) is 1. The molecule has 5 heteroatoms. The number of hydrogen-bond acceptors (Lipinski definition) is 2. The third kappa shape index (κ3) is 3.39. The maximum Gasteiger partial charge on any atom is 0.320 e. The Morgan fingerprint density at radius 2 is 1.79 bits per heavy atom. The first kappa shape index (κ1) is 14.2. The summed E-state index contributed by atoms with van der Waals surface area (Å²) in [6, 6.07) is 0.351. The molecule has 5 nitrogen and oxygen atoms in total. The Morgan fingerprint density at radius 1 is 1.11 bits per heavy atom. The first-order chi connectivity index (χ1) is 9.09. The molecule has 0 unspecified atom stereocenters. The van der Waals surface area contributed by atoms with Crippen LogP contribution in [-0.4, -0.2) is 53.1 Å². The lowest BCUT2D eigenvalue weighted by Gasteiger charge is -2.38. The van der Waals surface area contributed by atoms with Crippen molar-refractivity contribution in [1.82, 2.24) is 9.80 Å². The van der Waals surface area contributed by atoms with Crippen molar-refractivity contribution in [2.45, 2.75) is 51.0 Å². The third-order valence-electron chi connectivity index (χ3n) is 4.47. The van der Waals surface area contributed by atoms with Gasteiger partial charge >= 0.3 is 12.0 Å². The van der Waals surface area contributed by atoms with Crippen molar-refractivity contribution in [1.29, 1.82) is 0 Å². The number of urea groups is 1. The molecule has 0 bridgehead atoms. The van der Waals surface area contributed by atoms with Gasteiger partial charge in [0.25, 0.3) is 0 Å². The van der Waals surface area contributed by atoms with Gasteiger partial charge in [0.05, 0.1) is 5.92 Å². The summed E-state index contributed by atoms with van der Waals surface area (Å²) in [7, 11) is 1.86. The number of aliphatic carboxylic acids is 1. The van der Waals surface area contributed by atoms with E-state index in [1.807, 2.05) is 11.9 Å². The van der Waals surface area contributed by atoms with Crippen molar-refractivity contribution in [3.05, 3.63) is 0 Å². The number of carbonyl (C=O) groups is 2. The van der Waals surface area contributed by atoms with Crippen molar-refractivity contribution in [3.63, 3.8) is 0 Å². The van der Waals surface area contributed by atoms with E-state index in [0.29, 0.717) is 25.6 Å². The van der Waals surface area contributed by atoms with Crippen LogP contribution in [-0.2, 0) is 4.79 Å². The Bertz CT molecular complexity index is 340. The Morgan fingerprint density at radius 3 is 2.42 bits per heavy atom. The zero-order chi connectivity index (χ0) is 13.8. The van der Waals surface area contributed by atoms with Crippen LogP contribution in [0.25, 0.3) is 0 Å². The maximum atomic E-state index is 12.4. The minimum absolute atomic E-state index is 0.0119. The highest BCUT2D eigenvalue weighted by atomic mass is 16.4. The fraction of sp³-hybridized carbons (Fsp3) is 0.857. The topological polar surface area (TPSA) is 60.9 Å². The second kappa shape index (κ2) is 6.26. The number of hydrogen-bond donors (Lipinski definition) is 1. The van der Waals surface area contributed by atoms with Crippen molar-refractivity contribution < 1.29 is 14.7 Å². The van der Waals surface area contributed by atoms with Gasteiger partial charge in [0.1, 0.15) is 0 Å². The number of carboxylic acids is 1. The number of piperidine rings is 1. The second-order valence-corrected chi connectivity index (χ2v) is 5.81. The molecule has 0 aromatic heterocycles. The minimum Gasteiger partial charge on any atom is -0.481 e. The van der Waals surface area contributed by atoms with Gasteiger partial charge in [-0.25, -0.2) is 4.79 Å². The fourth-order valence-corrected chi connectivity index (χ4v) is 3.20. The quantitative estimate of drug-likeness (QED) is 0.835. The smallest absolute Gasteiger partial charge is 0.320 e. The van der Waals surface area contributed by atoms with Gasteiger partial charge in [0, 0.05) is 26.2 Å². The largest absolute Gasteiger partial charge is 0.481 e. The van der Waals surface area contributed by atoms with E-state index < -0.39 is 11.9 Å². The van der Waals surface area contributed by atoms with Crippen molar-refractivity contribution in [2.75, 3.05) is 20.1 Å². The molecule has 2 aliphatic rings. The van der Waals surface area contributed by atoms with Gasteiger partial charge < -0.3 is 14.9 Å². The number of nitrogens with zero attached hydrogens (tertiary/aromatic N) is 2. The normalized spacial score (nSPS) is 25.1. The van der Waals surface area contributed by atoms with Gasteiger partial charge in [-0.1, -0.05) is 19.3 Å². The summed E-state index contributed by atoms with van der Waals surface area (Å²) >= 11 is 0. The van der Waals surface area contributed by atoms with Crippen LogP contribution in [0.4, 0.5) is 4.79 Å². The van der Waals surface area contributed by atoms with Gasteiger partial charge in [0.2, 0.25) is 0 Å². The van der Waals surface area contributed by atoms with Crippen LogP contribution >= 0.6 is 0 Å². The van der Waals surface area contributed by atoms with E-state index in [9.17, 15) is 9.59 Å². The van der Waals surface area contributed by atoms with Crippen molar-refractivity contribution in [2.24, 2.45) is 5.92 Å². The lowest BCUT2D eigenvalue weighted by Crippen LogP contribution is -2.50. The van der Waals surface area contributed by atoms with Crippen LogP contribution in [0.15, 0.2) is 0 Å². The lowest BCUT2D eigenvalue weighted by atomic mass is 9.94. The van der Waals surface area contributed by atoms with Gasteiger partial charge in [0.15, 0.2) is 0 Å². The molecular weight excluding hydrogens is 244 g/mol. The average molecular weight is 268 g/mol. The number of carboxylic acid groups (broad SMARTS) is 1. The molecule has 19 heavy (non-hydrogen) atoms. The summed E-state index contributed by atoms with van der Waals surface area (Å²) in [5.41, 5.74) is 0. The molecule has 2 fully saturated rings. The SMILES string of the molecule is CN(C(=O)N1CCC[C@@H](C(=O)O)C1)C1CCCCC1.